The Balaban J connectivity index is 1.27. The Morgan fingerprint density at radius 1 is 0.966 bits per heavy atom. The van der Waals surface area contributed by atoms with E-state index in [1.807, 2.05) is 17.0 Å². The first-order chi connectivity index (χ1) is 14.2. The van der Waals surface area contributed by atoms with Crippen molar-refractivity contribution in [2.45, 2.75) is 32.1 Å². The molecular weight excluding hydrogens is 369 g/mol. The molecule has 156 valence electrons. The summed E-state index contributed by atoms with van der Waals surface area (Å²) >= 11 is 0. The zero-order valence-electron chi connectivity index (χ0n) is 16.8. The maximum atomic E-state index is 12.8. The van der Waals surface area contributed by atoms with Crippen LogP contribution in [0.25, 0.3) is 0 Å². The summed E-state index contributed by atoms with van der Waals surface area (Å²) in [4.78, 5) is 14.1. The number of carbonyl (C=O) groups excluding carboxylic acids is 1. The molecule has 0 aromatic heterocycles. The Kier molecular flexibility index (Phi) is 8.31. The van der Waals surface area contributed by atoms with Crippen molar-refractivity contribution in [1.29, 1.82) is 0 Å². The smallest absolute Gasteiger partial charge is 0.321 e. The lowest BCUT2D eigenvalue weighted by atomic mass is 10.1. The average molecular weight is 400 g/mol. The second-order valence-corrected chi connectivity index (χ2v) is 7.33. The van der Waals surface area contributed by atoms with Crippen molar-refractivity contribution in [1.82, 2.24) is 10.2 Å². The highest BCUT2D eigenvalue weighted by atomic mass is 19.1. The number of urea groups is 1. The van der Waals surface area contributed by atoms with Gasteiger partial charge in [-0.25, -0.2) is 9.18 Å². The van der Waals surface area contributed by atoms with Crippen molar-refractivity contribution in [2.75, 3.05) is 38.1 Å². The van der Waals surface area contributed by atoms with E-state index in [0.29, 0.717) is 6.61 Å². The molecule has 2 aromatic carbocycles. The number of halogens is 1. The minimum atomic E-state index is -0.243. The van der Waals surface area contributed by atoms with Crippen LogP contribution >= 0.6 is 0 Å². The van der Waals surface area contributed by atoms with Gasteiger partial charge in [0.2, 0.25) is 0 Å². The molecule has 0 atom stereocenters. The lowest BCUT2D eigenvalue weighted by Crippen LogP contribution is -2.48. The van der Waals surface area contributed by atoms with E-state index in [1.165, 1.54) is 17.7 Å². The standard InChI is InChI=1S/C23H30FN3O2/c24-20-8-12-22(13-9-20)29-18-4-2-1-3-5-19-6-10-21(11-7-19)26-23(28)27-16-14-25-15-17-27/h6-13,25H,1-5,14-18H2,(H,26,28). The molecule has 0 aliphatic carbocycles. The van der Waals surface area contributed by atoms with E-state index < -0.39 is 0 Å². The van der Waals surface area contributed by atoms with Crippen LogP contribution in [0.5, 0.6) is 5.75 Å². The highest BCUT2D eigenvalue weighted by Crippen LogP contribution is 2.15. The van der Waals surface area contributed by atoms with Gasteiger partial charge in [0.1, 0.15) is 11.6 Å². The number of benzene rings is 2. The van der Waals surface area contributed by atoms with Gasteiger partial charge in [0.05, 0.1) is 6.61 Å². The molecule has 0 bridgehead atoms. The summed E-state index contributed by atoms with van der Waals surface area (Å²) in [6.07, 6.45) is 5.41. The number of hydrogen-bond acceptors (Lipinski definition) is 3. The molecular formula is C23H30FN3O2. The van der Waals surface area contributed by atoms with E-state index in [1.54, 1.807) is 12.1 Å². The maximum absolute atomic E-state index is 12.8. The second-order valence-electron chi connectivity index (χ2n) is 7.33. The van der Waals surface area contributed by atoms with Crippen LogP contribution in [0.3, 0.4) is 0 Å². The van der Waals surface area contributed by atoms with Crippen LogP contribution in [-0.2, 0) is 6.42 Å². The van der Waals surface area contributed by atoms with Gasteiger partial charge < -0.3 is 20.3 Å². The van der Waals surface area contributed by atoms with Crippen molar-refractivity contribution < 1.29 is 13.9 Å². The van der Waals surface area contributed by atoms with E-state index in [0.717, 1.165) is 69.7 Å². The highest BCUT2D eigenvalue weighted by Gasteiger charge is 2.15. The number of hydrogen-bond donors (Lipinski definition) is 2. The summed E-state index contributed by atoms with van der Waals surface area (Å²) in [5, 5.41) is 6.21. The van der Waals surface area contributed by atoms with Crippen molar-refractivity contribution in [2.24, 2.45) is 0 Å². The fourth-order valence-electron chi connectivity index (χ4n) is 3.33. The molecule has 2 aromatic rings. The number of unbranched alkanes of at least 4 members (excludes halogenated alkanes) is 3. The fraction of sp³-hybridized carbons (Fsp3) is 0.435. The lowest BCUT2D eigenvalue weighted by molar-refractivity contribution is 0.204. The molecule has 1 saturated heterocycles. The van der Waals surface area contributed by atoms with Gasteiger partial charge in [-0.05, 0) is 61.2 Å². The molecule has 0 unspecified atom stereocenters. The topological polar surface area (TPSA) is 53.6 Å². The number of rotatable bonds is 9. The molecule has 0 radical (unpaired) electrons. The van der Waals surface area contributed by atoms with Crippen LogP contribution in [0, 0.1) is 5.82 Å². The molecule has 1 aliphatic rings. The number of nitrogens with one attached hydrogen (secondary N) is 2. The third kappa shape index (κ3) is 7.38. The number of amides is 2. The third-order valence-electron chi connectivity index (χ3n) is 5.05. The SMILES string of the molecule is O=C(Nc1ccc(CCCCCCOc2ccc(F)cc2)cc1)N1CCNCC1. The van der Waals surface area contributed by atoms with Gasteiger partial charge >= 0.3 is 6.03 Å². The molecule has 3 rings (SSSR count). The molecule has 2 amide bonds. The summed E-state index contributed by atoms with van der Waals surface area (Å²) in [6, 6.07) is 14.3. The molecule has 0 saturated carbocycles. The Labute approximate surface area is 172 Å². The van der Waals surface area contributed by atoms with Gasteiger partial charge in [-0.2, -0.15) is 0 Å². The molecule has 1 aliphatic heterocycles. The van der Waals surface area contributed by atoms with Crippen molar-refractivity contribution in [3.05, 3.63) is 59.9 Å². The first-order valence-electron chi connectivity index (χ1n) is 10.4. The van der Waals surface area contributed by atoms with Gasteiger partial charge in [-0.3, -0.25) is 0 Å². The molecule has 1 heterocycles. The molecule has 2 N–H and O–H groups in total. The van der Waals surface area contributed by atoms with E-state index in [4.69, 9.17) is 4.74 Å². The van der Waals surface area contributed by atoms with Gasteiger partial charge in [-0.15, -0.1) is 0 Å². The quantitative estimate of drug-likeness (QED) is 0.613. The Bertz CT molecular complexity index is 744. The van der Waals surface area contributed by atoms with Gasteiger partial charge in [0.25, 0.3) is 0 Å². The van der Waals surface area contributed by atoms with Crippen molar-refractivity contribution in [3.63, 3.8) is 0 Å². The first-order valence-corrected chi connectivity index (χ1v) is 10.4. The predicted molar refractivity (Wildman–Crippen MR) is 114 cm³/mol. The van der Waals surface area contributed by atoms with E-state index in [-0.39, 0.29) is 11.8 Å². The monoisotopic (exact) mass is 399 g/mol. The van der Waals surface area contributed by atoms with Crippen molar-refractivity contribution in [3.8, 4) is 5.75 Å². The number of ether oxygens (including phenoxy) is 1. The predicted octanol–water partition coefficient (Wildman–Crippen LogP) is 4.44. The molecule has 6 heteroatoms. The highest BCUT2D eigenvalue weighted by molar-refractivity contribution is 5.89. The number of carbonyl (C=O) groups is 1. The molecule has 1 fully saturated rings. The van der Waals surface area contributed by atoms with Gasteiger partial charge in [-0.1, -0.05) is 25.0 Å². The van der Waals surface area contributed by atoms with Crippen LogP contribution in [0.15, 0.2) is 48.5 Å². The van der Waals surface area contributed by atoms with Crippen LogP contribution in [0.4, 0.5) is 14.9 Å². The summed E-state index contributed by atoms with van der Waals surface area (Å²) in [6.45, 7) is 3.86. The van der Waals surface area contributed by atoms with Crippen LogP contribution in [0.2, 0.25) is 0 Å². The average Bonchev–Trinajstić information content (AvgIpc) is 2.76. The number of aryl methyl sites for hydroxylation is 1. The number of anilines is 1. The minimum absolute atomic E-state index is 0.0258. The van der Waals surface area contributed by atoms with Crippen LogP contribution in [-0.4, -0.2) is 43.7 Å². The largest absolute Gasteiger partial charge is 0.494 e. The summed E-state index contributed by atoms with van der Waals surface area (Å²) < 4.78 is 18.4. The second kappa shape index (κ2) is 11.4. The zero-order chi connectivity index (χ0) is 20.3. The zero-order valence-corrected chi connectivity index (χ0v) is 16.8. The van der Waals surface area contributed by atoms with Crippen LogP contribution in [0.1, 0.15) is 31.2 Å². The molecule has 0 spiro atoms. The Hall–Kier alpha value is -2.60. The summed E-state index contributed by atoms with van der Waals surface area (Å²) in [5.74, 6) is 0.475. The summed E-state index contributed by atoms with van der Waals surface area (Å²) in [5.41, 5.74) is 2.13. The number of piperazine rings is 1. The molecule has 5 nitrogen and oxygen atoms in total. The molecule has 29 heavy (non-hydrogen) atoms. The first kappa shape index (κ1) is 21.1. The Morgan fingerprint density at radius 3 is 2.38 bits per heavy atom. The Morgan fingerprint density at radius 2 is 1.66 bits per heavy atom. The number of nitrogens with zero attached hydrogens (tertiary/aromatic N) is 1. The third-order valence-corrected chi connectivity index (χ3v) is 5.05. The fourth-order valence-corrected chi connectivity index (χ4v) is 3.33. The van der Waals surface area contributed by atoms with Crippen molar-refractivity contribution >= 4 is 11.7 Å². The van der Waals surface area contributed by atoms with E-state index >= 15 is 0 Å². The normalized spacial score (nSPS) is 13.9. The maximum Gasteiger partial charge on any atom is 0.321 e. The van der Waals surface area contributed by atoms with Crippen LogP contribution < -0.4 is 15.4 Å². The lowest BCUT2D eigenvalue weighted by Gasteiger charge is -2.27. The summed E-state index contributed by atoms with van der Waals surface area (Å²) in [7, 11) is 0. The minimum Gasteiger partial charge on any atom is -0.494 e. The van der Waals surface area contributed by atoms with E-state index in [9.17, 15) is 9.18 Å². The van der Waals surface area contributed by atoms with Gasteiger partial charge in [0.15, 0.2) is 0 Å². The van der Waals surface area contributed by atoms with E-state index in [2.05, 4.69) is 22.8 Å². The van der Waals surface area contributed by atoms with Gasteiger partial charge in [0, 0.05) is 31.9 Å².